The molecule has 2 rings (SSSR count). The van der Waals surface area contributed by atoms with Crippen LogP contribution in [0.3, 0.4) is 0 Å². The maximum atomic E-state index is 11.8. The molecule has 0 atom stereocenters. The minimum absolute atomic E-state index is 0.0491. The zero-order valence-electron chi connectivity index (χ0n) is 11.2. The van der Waals surface area contributed by atoms with Crippen LogP contribution < -0.4 is 4.74 Å². The van der Waals surface area contributed by atoms with Crippen molar-refractivity contribution in [1.82, 2.24) is 4.98 Å². The van der Waals surface area contributed by atoms with Crippen molar-refractivity contribution in [2.24, 2.45) is 0 Å². The van der Waals surface area contributed by atoms with Crippen LogP contribution in [0.4, 0.5) is 0 Å². The molecule has 0 saturated heterocycles. The number of hydrogen-bond acceptors (Lipinski definition) is 4. The van der Waals surface area contributed by atoms with E-state index in [0.717, 1.165) is 5.56 Å². The van der Waals surface area contributed by atoms with E-state index < -0.39 is 0 Å². The first-order valence-electron chi connectivity index (χ1n) is 6.34. The molecule has 0 spiro atoms. The fraction of sp³-hybridized carbons (Fsp3) is 0.188. The highest BCUT2D eigenvalue weighted by Crippen LogP contribution is 2.20. The summed E-state index contributed by atoms with van der Waals surface area (Å²) in [6, 6.07) is 12.6. The molecule has 4 nitrogen and oxygen atoms in total. The lowest BCUT2D eigenvalue weighted by Gasteiger charge is -2.10. The first kappa shape index (κ1) is 13.8. The molecule has 100 valence electrons. The molecule has 0 bridgehead atoms. The number of pyridine rings is 1. The standard InChI is InChI=1S/C16H14N2O2/c1-2-15(19)14-5-3-4-6-16(14)20-11-12-7-8-18-13(9-12)10-17/h3-9H,2,11H2,1H3. The number of ketones is 1. The zero-order valence-corrected chi connectivity index (χ0v) is 11.2. The maximum absolute atomic E-state index is 11.8. The molecule has 1 aromatic carbocycles. The fourth-order valence-electron chi connectivity index (χ4n) is 1.80. The molecule has 0 fully saturated rings. The van der Waals surface area contributed by atoms with E-state index in [1.165, 1.54) is 0 Å². The van der Waals surface area contributed by atoms with Gasteiger partial charge in [-0.05, 0) is 29.8 Å². The highest BCUT2D eigenvalue weighted by molar-refractivity contribution is 5.98. The summed E-state index contributed by atoms with van der Waals surface area (Å²) in [6.45, 7) is 2.12. The maximum Gasteiger partial charge on any atom is 0.166 e. The lowest BCUT2D eigenvalue weighted by Crippen LogP contribution is -2.03. The fourth-order valence-corrected chi connectivity index (χ4v) is 1.80. The summed E-state index contributed by atoms with van der Waals surface area (Å²) in [6.07, 6.45) is 2.01. The van der Waals surface area contributed by atoms with Crippen LogP contribution in [-0.4, -0.2) is 10.8 Å². The molecule has 4 heteroatoms. The van der Waals surface area contributed by atoms with E-state index in [4.69, 9.17) is 10.00 Å². The van der Waals surface area contributed by atoms with Gasteiger partial charge in [-0.3, -0.25) is 4.79 Å². The second-order valence-corrected chi connectivity index (χ2v) is 4.22. The largest absolute Gasteiger partial charge is 0.488 e. The number of Topliss-reactive ketones (excluding diaryl/α,β-unsaturated/α-hetero) is 1. The Kier molecular flexibility index (Phi) is 4.46. The molecule has 2 aromatic rings. The minimum Gasteiger partial charge on any atom is -0.488 e. The van der Waals surface area contributed by atoms with E-state index in [1.54, 1.807) is 30.5 Å². The van der Waals surface area contributed by atoms with E-state index in [9.17, 15) is 4.79 Å². The topological polar surface area (TPSA) is 63.0 Å². The lowest BCUT2D eigenvalue weighted by atomic mass is 10.1. The van der Waals surface area contributed by atoms with Crippen molar-refractivity contribution < 1.29 is 9.53 Å². The number of nitriles is 1. The van der Waals surface area contributed by atoms with Gasteiger partial charge in [0, 0.05) is 12.6 Å². The van der Waals surface area contributed by atoms with Crippen molar-refractivity contribution in [2.45, 2.75) is 20.0 Å². The Morgan fingerprint density at radius 3 is 2.90 bits per heavy atom. The Labute approximate surface area is 117 Å². The molecular weight excluding hydrogens is 252 g/mol. The summed E-state index contributed by atoms with van der Waals surface area (Å²) in [5, 5.41) is 8.80. The molecule has 20 heavy (non-hydrogen) atoms. The average molecular weight is 266 g/mol. The van der Waals surface area contributed by atoms with Gasteiger partial charge in [-0.25, -0.2) is 4.98 Å². The lowest BCUT2D eigenvalue weighted by molar-refractivity contribution is 0.0983. The van der Waals surface area contributed by atoms with Gasteiger partial charge < -0.3 is 4.74 Å². The summed E-state index contributed by atoms with van der Waals surface area (Å²) in [7, 11) is 0. The molecule has 0 amide bonds. The molecular formula is C16H14N2O2. The number of carbonyl (C=O) groups is 1. The molecule has 1 aromatic heterocycles. The molecule has 0 aliphatic heterocycles. The summed E-state index contributed by atoms with van der Waals surface area (Å²) >= 11 is 0. The van der Waals surface area contributed by atoms with Crippen molar-refractivity contribution in [3.63, 3.8) is 0 Å². The van der Waals surface area contributed by atoms with E-state index in [-0.39, 0.29) is 5.78 Å². The normalized spacial score (nSPS) is 9.80. The molecule has 0 radical (unpaired) electrons. The van der Waals surface area contributed by atoms with Crippen LogP contribution in [0.1, 0.15) is 35.0 Å². The second kappa shape index (κ2) is 6.48. The highest BCUT2D eigenvalue weighted by Gasteiger charge is 2.10. The van der Waals surface area contributed by atoms with Gasteiger partial charge in [0.05, 0.1) is 5.56 Å². The van der Waals surface area contributed by atoms with Crippen LogP contribution in [0, 0.1) is 11.3 Å². The monoisotopic (exact) mass is 266 g/mol. The van der Waals surface area contributed by atoms with Crippen LogP contribution >= 0.6 is 0 Å². The SMILES string of the molecule is CCC(=O)c1ccccc1OCc1ccnc(C#N)c1. The van der Waals surface area contributed by atoms with Gasteiger partial charge >= 0.3 is 0 Å². The highest BCUT2D eigenvalue weighted by atomic mass is 16.5. The third-order valence-electron chi connectivity index (χ3n) is 2.84. The number of hydrogen-bond donors (Lipinski definition) is 0. The van der Waals surface area contributed by atoms with Crippen molar-refractivity contribution in [2.75, 3.05) is 0 Å². The van der Waals surface area contributed by atoms with Gasteiger partial charge in [-0.15, -0.1) is 0 Å². The molecule has 0 unspecified atom stereocenters. The smallest absolute Gasteiger partial charge is 0.166 e. The number of carbonyl (C=O) groups excluding carboxylic acids is 1. The van der Waals surface area contributed by atoms with Gasteiger partial charge in [0.2, 0.25) is 0 Å². The zero-order chi connectivity index (χ0) is 14.4. The van der Waals surface area contributed by atoms with Crippen LogP contribution in [0.15, 0.2) is 42.6 Å². The Morgan fingerprint density at radius 1 is 1.35 bits per heavy atom. The molecule has 0 aliphatic carbocycles. The molecule has 1 heterocycles. The Bertz CT molecular complexity index is 660. The number of benzene rings is 1. The van der Waals surface area contributed by atoms with Crippen molar-refractivity contribution in [3.8, 4) is 11.8 Å². The van der Waals surface area contributed by atoms with E-state index in [1.807, 2.05) is 25.1 Å². The van der Waals surface area contributed by atoms with Gasteiger partial charge in [0.1, 0.15) is 24.1 Å². The van der Waals surface area contributed by atoms with E-state index >= 15 is 0 Å². The second-order valence-electron chi connectivity index (χ2n) is 4.22. The van der Waals surface area contributed by atoms with Crippen LogP contribution in [-0.2, 0) is 6.61 Å². The van der Waals surface area contributed by atoms with Gasteiger partial charge in [0.15, 0.2) is 5.78 Å². The number of rotatable bonds is 5. The van der Waals surface area contributed by atoms with Gasteiger partial charge in [0.25, 0.3) is 0 Å². The number of nitrogens with zero attached hydrogens (tertiary/aromatic N) is 2. The van der Waals surface area contributed by atoms with Crippen LogP contribution in [0.2, 0.25) is 0 Å². The summed E-state index contributed by atoms with van der Waals surface area (Å²) in [5.74, 6) is 0.614. The number of aromatic nitrogens is 1. The van der Waals surface area contributed by atoms with Crippen molar-refractivity contribution >= 4 is 5.78 Å². The van der Waals surface area contributed by atoms with Crippen molar-refractivity contribution in [3.05, 3.63) is 59.4 Å². The van der Waals surface area contributed by atoms with Gasteiger partial charge in [-0.1, -0.05) is 19.1 Å². The predicted octanol–water partition coefficient (Wildman–Crippen LogP) is 3.12. The molecule has 0 saturated carbocycles. The minimum atomic E-state index is 0.0491. The first-order valence-corrected chi connectivity index (χ1v) is 6.34. The third-order valence-corrected chi connectivity index (χ3v) is 2.84. The van der Waals surface area contributed by atoms with Crippen molar-refractivity contribution in [1.29, 1.82) is 5.26 Å². The average Bonchev–Trinajstić information content (AvgIpc) is 2.52. The van der Waals surface area contributed by atoms with E-state index in [0.29, 0.717) is 30.0 Å². The Morgan fingerprint density at radius 2 is 2.15 bits per heavy atom. The number of para-hydroxylation sites is 1. The third kappa shape index (κ3) is 3.21. The summed E-state index contributed by atoms with van der Waals surface area (Å²) < 4.78 is 5.69. The van der Waals surface area contributed by atoms with Gasteiger partial charge in [-0.2, -0.15) is 5.26 Å². The van der Waals surface area contributed by atoms with E-state index in [2.05, 4.69) is 4.98 Å². The quantitative estimate of drug-likeness (QED) is 0.780. The Balaban J connectivity index is 2.15. The summed E-state index contributed by atoms with van der Waals surface area (Å²) in [4.78, 5) is 15.7. The summed E-state index contributed by atoms with van der Waals surface area (Å²) in [5.41, 5.74) is 1.78. The molecule has 0 aliphatic rings. The Hall–Kier alpha value is -2.67. The molecule has 0 N–H and O–H groups in total. The first-order chi connectivity index (χ1) is 9.74. The van der Waals surface area contributed by atoms with Crippen LogP contribution in [0.25, 0.3) is 0 Å². The number of ether oxygens (including phenoxy) is 1. The predicted molar refractivity (Wildman–Crippen MR) is 74.3 cm³/mol. The van der Waals surface area contributed by atoms with Crippen LogP contribution in [0.5, 0.6) is 5.75 Å².